The van der Waals surface area contributed by atoms with Crippen LogP contribution >= 0.6 is 11.3 Å². The van der Waals surface area contributed by atoms with Gasteiger partial charge in [0, 0.05) is 30.9 Å². The van der Waals surface area contributed by atoms with Gasteiger partial charge < -0.3 is 19.4 Å². The number of hydrogen-bond donors (Lipinski definition) is 1. The molecule has 1 saturated heterocycles. The Morgan fingerprint density at radius 3 is 2.61 bits per heavy atom. The van der Waals surface area contributed by atoms with E-state index in [4.69, 9.17) is 9.15 Å². The number of rotatable bonds is 8. The van der Waals surface area contributed by atoms with E-state index in [0.29, 0.717) is 23.6 Å². The summed E-state index contributed by atoms with van der Waals surface area (Å²) in [5, 5.41) is 2.93. The summed E-state index contributed by atoms with van der Waals surface area (Å²) in [7, 11) is 0. The van der Waals surface area contributed by atoms with Crippen molar-refractivity contribution >= 4 is 23.2 Å². The van der Waals surface area contributed by atoms with Crippen LogP contribution in [0.25, 0.3) is 10.4 Å². The second kappa shape index (κ2) is 10.3. The molecule has 0 saturated carbocycles. The fraction of sp³-hybridized carbons (Fsp3) is 0.333. The highest BCUT2D eigenvalue weighted by Gasteiger charge is 2.21. The Bertz CT molecular complexity index is 992. The predicted molar refractivity (Wildman–Crippen MR) is 120 cm³/mol. The number of furan rings is 1. The lowest BCUT2D eigenvalue weighted by Gasteiger charge is -2.26. The molecule has 7 heteroatoms. The Hall–Kier alpha value is -3.06. The molecule has 2 amide bonds. The van der Waals surface area contributed by atoms with Crippen molar-refractivity contribution in [3.63, 3.8) is 0 Å². The van der Waals surface area contributed by atoms with Gasteiger partial charge in [-0.15, -0.1) is 11.3 Å². The second-order valence-electron chi connectivity index (χ2n) is 7.49. The summed E-state index contributed by atoms with van der Waals surface area (Å²) < 4.78 is 11.2. The number of hydrogen-bond acceptors (Lipinski definition) is 5. The fourth-order valence-corrected chi connectivity index (χ4v) is 4.62. The maximum absolute atomic E-state index is 12.9. The van der Waals surface area contributed by atoms with Crippen molar-refractivity contribution in [2.75, 3.05) is 26.2 Å². The van der Waals surface area contributed by atoms with Crippen LogP contribution in [-0.4, -0.2) is 43.0 Å². The molecule has 1 fully saturated rings. The second-order valence-corrected chi connectivity index (χ2v) is 8.54. The molecular weight excluding hydrogens is 412 g/mol. The van der Waals surface area contributed by atoms with Gasteiger partial charge in [-0.05, 0) is 43.0 Å². The van der Waals surface area contributed by atoms with Crippen molar-refractivity contribution in [1.29, 1.82) is 0 Å². The number of thiophene rings is 1. The molecule has 0 aliphatic carbocycles. The average molecular weight is 439 g/mol. The lowest BCUT2D eigenvalue weighted by atomic mass is 10.1. The van der Waals surface area contributed by atoms with E-state index < -0.39 is 0 Å². The predicted octanol–water partition coefficient (Wildman–Crippen LogP) is 4.37. The molecule has 0 radical (unpaired) electrons. The number of ether oxygens (including phenoxy) is 1. The largest absolute Gasteiger partial charge is 0.482 e. The first kappa shape index (κ1) is 21.2. The Labute approximate surface area is 185 Å². The average Bonchev–Trinajstić information content (AvgIpc) is 3.49. The van der Waals surface area contributed by atoms with Crippen molar-refractivity contribution in [3.05, 3.63) is 65.4 Å². The summed E-state index contributed by atoms with van der Waals surface area (Å²) in [6, 6.07) is 15.4. The van der Waals surface area contributed by atoms with Gasteiger partial charge in [0.1, 0.15) is 16.4 Å². The number of amides is 2. The highest BCUT2D eigenvalue weighted by Crippen LogP contribution is 2.36. The van der Waals surface area contributed by atoms with Crippen molar-refractivity contribution in [1.82, 2.24) is 10.2 Å². The molecule has 0 spiro atoms. The SMILES string of the molecule is O=C(NCCc1ccco1)c1sc(-c2ccccc2)cc1OCC(=O)N1CCCCC1. The van der Waals surface area contributed by atoms with Crippen molar-refractivity contribution in [2.45, 2.75) is 25.7 Å². The molecule has 1 aliphatic rings. The molecule has 0 bridgehead atoms. The van der Waals surface area contributed by atoms with E-state index in [1.165, 1.54) is 11.3 Å². The molecule has 4 rings (SSSR count). The molecular formula is C24H26N2O4S. The number of piperidine rings is 1. The number of nitrogens with one attached hydrogen (secondary N) is 1. The Morgan fingerprint density at radius 1 is 1.06 bits per heavy atom. The van der Waals surface area contributed by atoms with Crippen molar-refractivity contribution in [3.8, 4) is 16.2 Å². The first-order valence-electron chi connectivity index (χ1n) is 10.6. The molecule has 0 atom stereocenters. The van der Waals surface area contributed by atoms with Crippen LogP contribution in [0, 0.1) is 0 Å². The molecule has 1 N–H and O–H groups in total. The molecule has 3 heterocycles. The van der Waals surface area contributed by atoms with Crippen LogP contribution in [0.1, 0.15) is 34.7 Å². The summed E-state index contributed by atoms with van der Waals surface area (Å²) in [5.74, 6) is 1.03. The molecule has 3 aromatic rings. The standard InChI is InChI=1S/C24H26N2O4S/c27-22(26-13-5-2-6-14-26)17-30-20-16-21(18-8-3-1-4-9-18)31-23(20)24(28)25-12-11-19-10-7-15-29-19/h1,3-4,7-10,15-16H,2,5-6,11-14,17H2,(H,25,28). The van der Waals surface area contributed by atoms with Gasteiger partial charge in [-0.3, -0.25) is 9.59 Å². The third-order valence-corrected chi connectivity index (χ3v) is 6.42. The van der Waals surface area contributed by atoms with E-state index in [1.54, 1.807) is 6.26 Å². The summed E-state index contributed by atoms with van der Waals surface area (Å²) in [6.45, 7) is 1.96. The van der Waals surface area contributed by atoms with Crippen LogP contribution in [0.3, 0.4) is 0 Å². The molecule has 0 unspecified atom stereocenters. The normalized spacial score (nSPS) is 13.7. The van der Waals surface area contributed by atoms with Crippen LogP contribution in [0.15, 0.2) is 59.2 Å². The molecule has 2 aromatic heterocycles. The molecule has 162 valence electrons. The molecule has 6 nitrogen and oxygen atoms in total. The summed E-state index contributed by atoms with van der Waals surface area (Å²) in [6.07, 6.45) is 5.46. The minimum absolute atomic E-state index is 0.0312. The monoisotopic (exact) mass is 438 g/mol. The quantitative estimate of drug-likeness (QED) is 0.567. The maximum Gasteiger partial charge on any atom is 0.265 e. The van der Waals surface area contributed by atoms with Crippen LogP contribution in [0.5, 0.6) is 5.75 Å². The highest BCUT2D eigenvalue weighted by molar-refractivity contribution is 7.17. The third kappa shape index (κ3) is 5.55. The Morgan fingerprint density at radius 2 is 1.87 bits per heavy atom. The lowest BCUT2D eigenvalue weighted by Crippen LogP contribution is -2.38. The zero-order valence-electron chi connectivity index (χ0n) is 17.3. The van der Waals surface area contributed by atoms with Gasteiger partial charge in [0.15, 0.2) is 6.61 Å². The van der Waals surface area contributed by atoms with Crippen molar-refractivity contribution in [2.24, 2.45) is 0 Å². The third-order valence-electron chi connectivity index (χ3n) is 5.26. The highest BCUT2D eigenvalue weighted by atomic mass is 32.1. The minimum atomic E-state index is -0.209. The Kier molecular flexibility index (Phi) is 7.04. The van der Waals surface area contributed by atoms with Gasteiger partial charge in [0.05, 0.1) is 6.26 Å². The smallest absolute Gasteiger partial charge is 0.265 e. The van der Waals surface area contributed by atoms with E-state index in [1.807, 2.05) is 53.4 Å². The zero-order chi connectivity index (χ0) is 21.5. The van der Waals surface area contributed by atoms with Crippen LogP contribution in [0.4, 0.5) is 0 Å². The molecule has 1 aliphatic heterocycles. The van der Waals surface area contributed by atoms with Gasteiger partial charge >= 0.3 is 0 Å². The lowest BCUT2D eigenvalue weighted by molar-refractivity contribution is -0.134. The van der Waals surface area contributed by atoms with Crippen LogP contribution < -0.4 is 10.1 Å². The van der Waals surface area contributed by atoms with E-state index in [-0.39, 0.29) is 18.4 Å². The van der Waals surface area contributed by atoms with E-state index in [9.17, 15) is 9.59 Å². The van der Waals surface area contributed by atoms with Crippen LogP contribution in [-0.2, 0) is 11.2 Å². The number of benzene rings is 1. The Balaban J connectivity index is 1.46. The van der Waals surface area contributed by atoms with Gasteiger partial charge in [0.25, 0.3) is 11.8 Å². The number of likely N-dealkylation sites (tertiary alicyclic amines) is 1. The number of nitrogens with zero attached hydrogens (tertiary/aromatic N) is 1. The van der Waals surface area contributed by atoms with Gasteiger partial charge in [0.2, 0.25) is 0 Å². The summed E-state index contributed by atoms with van der Waals surface area (Å²) >= 11 is 1.37. The number of carbonyl (C=O) groups is 2. The van der Waals surface area contributed by atoms with E-state index >= 15 is 0 Å². The van der Waals surface area contributed by atoms with Crippen molar-refractivity contribution < 1.29 is 18.7 Å². The minimum Gasteiger partial charge on any atom is -0.482 e. The van der Waals surface area contributed by atoms with E-state index in [0.717, 1.165) is 48.6 Å². The first-order valence-corrected chi connectivity index (χ1v) is 11.4. The topological polar surface area (TPSA) is 71.8 Å². The molecule has 31 heavy (non-hydrogen) atoms. The van der Waals surface area contributed by atoms with E-state index in [2.05, 4.69) is 5.32 Å². The fourth-order valence-electron chi connectivity index (χ4n) is 3.59. The maximum atomic E-state index is 12.9. The van der Waals surface area contributed by atoms with Gasteiger partial charge in [-0.25, -0.2) is 0 Å². The van der Waals surface area contributed by atoms with Crippen LogP contribution in [0.2, 0.25) is 0 Å². The first-order chi connectivity index (χ1) is 15.2. The summed E-state index contributed by atoms with van der Waals surface area (Å²) in [5.41, 5.74) is 1.01. The van der Waals surface area contributed by atoms with Gasteiger partial charge in [-0.2, -0.15) is 0 Å². The van der Waals surface area contributed by atoms with Gasteiger partial charge in [-0.1, -0.05) is 30.3 Å². The summed E-state index contributed by atoms with van der Waals surface area (Å²) in [4.78, 5) is 28.7. The zero-order valence-corrected chi connectivity index (χ0v) is 18.2. The molecule has 1 aromatic carbocycles. The number of carbonyl (C=O) groups excluding carboxylic acids is 2.